The predicted octanol–water partition coefficient (Wildman–Crippen LogP) is 4.59. The lowest BCUT2D eigenvalue weighted by atomic mass is 10.0. The van der Waals surface area contributed by atoms with E-state index in [1.165, 1.54) is 10.9 Å². The van der Waals surface area contributed by atoms with Gasteiger partial charge in [-0.1, -0.05) is 13.0 Å². The Bertz CT molecular complexity index is 583. The molecule has 2 aromatic rings. The van der Waals surface area contributed by atoms with Gasteiger partial charge in [0.2, 0.25) is 0 Å². The summed E-state index contributed by atoms with van der Waals surface area (Å²) in [5.41, 5.74) is 6.67. The van der Waals surface area contributed by atoms with E-state index in [0.29, 0.717) is 12.0 Å². The average molecular weight is 346 g/mol. The SMILES string of the molecule is CCc1ccc(CC(N)c2ccc(F)c(F)c2Br)s1. The van der Waals surface area contributed by atoms with Crippen molar-refractivity contribution in [3.05, 3.63) is 55.7 Å². The van der Waals surface area contributed by atoms with Crippen molar-refractivity contribution in [3.63, 3.8) is 0 Å². The lowest BCUT2D eigenvalue weighted by Gasteiger charge is -2.13. The number of halogens is 3. The molecule has 5 heteroatoms. The van der Waals surface area contributed by atoms with Crippen molar-refractivity contribution in [1.82, 2.24) is 0 Å². The molecule has 2 N–H and O–H groups in total. The summed E-state index contributed by atoms with van der Waals surface area (Å²) in [6.45, 7) is 2.10. The van der Waals surface area contributed by atoms with E-state index in [9.17, 15) is 8.78 Å². The molecule has 0 saturated heterocycles. The molecule has 0 fully saturated rings. The van der Waals surface area contributed by atoms with Gasteiger partial charge in [-0.15, -0.1) is 11.3 Å². The van der Waals surface area contributed by atoms with Crippen molar-refractivity contribution < 1.29 is 8.78 Å². The summed E-state index contributed by atoms with van der Waals surface area (Å²) in [6.07, 6.45) is 1.61. The van der Waals surface area contributed by atoms with Crippen LogP contribution in [0.5, 0.6) is 0 Å². The molecule has 0 aliphatic carbocycles. The van der Waals surface area contributed by atoms with Gasteiger partial charge < -0.3 is 5.73 Å². The van der Waals surface area contributed by atoms with Crippen LogP contribution in [-0.4, -0.2) is 0 Å². The van der Waals surface area contributed by atoms with Gasteiger partial charge in [0.1, 0.15) is 0 Å². The quantitative estimate of drug-likeness (QED) is 0.805. The summed E-state index contributed by atoms with van der Waals surface area (Å²) >= 11 is 4.78. The molecule has 0 amide bonds. The molecule has 0 aliphatic heterocycles. The molecular weight excluding hydrogens is 332 g/mol. The molecule has 0 aliphatic rings. The van der Waals surface area contributed by atoms with Gasteiger partial charge in [-0.25, -0.2) is 8.78 Å². The third-order valence-corrected chi connectivity index (χ3v) is 5.01. The normalized spacial score (nSPS) is 12.7. The van der Waals surface area contributed by atoms with E-state index in [2.05, 4.69) is 28.9 Å². The van der Waals surface area contributed by atoms with Gasteiger partial charge in [0, 0.05) is 22.2 Å². The highest BCUT2D eigenvalue weighted by atomic mass is 79.9. The average Bonchev–Trinajstić information content (AvgIpc) is 2.83. The fraction of sp³-hybridized carbons (Fsp3) is 0.286. The van der Waals surface area contributed by atoms with Crippen LogP contribution in [-0.2, 0) is 12.8 Å². The summed E-state index contributed by atoms with van der Waals surface area (Å²) in [6, 6.07) is 6.40. The summed E-state index contributed by atoms with van der Waals surface area (Å²) in [5, 5.41) is 0. The fourth-order valence-electron chi connectivity index (χ4n) is 1.88. The van der Waals surface area contributed by atoms with E-state index < -0.39 is 11.6 Å². The van der Waals surface area contributed by atoms with E-state index in [4.69, 9.17) is 5.73 Å². The Morgan fingerprint density at radius 3 is 2.53 bits per heavy atom. The highest BCUT2D eigenvalue weighted by molar-refractivity contribution is 9.10. The minimum Gasteiger partial charge on any atom is -0.324 e. The third kappa shape index (κ3) is 3.22. The van der Waals surface area contributed by atoms with Crippen LogP contribution in [0.4, 0.5) is 8.78 Å². The number of aryl methyl sites for hydroxylation is 1. The first kappa shape index (κ1) is 14.6. The zero-order chi connectivity index (χ0) is 14.0. The molecule has 1 nitrogen and oxygen atoms in total. The highest BCUT2D eigenvalue weighted by Crippen LogP contribution is 2.30. The molecule has 1 unspecified atom stereocenters. The fourth-order valence-corrected chi connectivity index (χ4v) is 3.51. The van der Waals surface area contributed by atoms with Gasteiger partial charge in [-0.3, -0.25) is 0 Å². The Kier molecular flexibility index (Phi) is 4.71. The minimum absolute atomic E-state index is 0.118. The lowest BCUT2D eigenvalue weighted by molar-refractivity contribution is 0.500. The Labute approximate surface area is 123 Å². The summed E-state index contributed by atoms with van der Waals surface area (Å²) < 4.78 is 26.6. The van der Waals surface area contributed by atoms with Crippen molar-refractivity contribution in [3.8, 4) is 0 Å². The van der Waals surface area contributed by atoms with Crippen molar-refractivity contribution in [2.45, 2.75) is 25.8 Å². The van der Waals surface area contributed by atoms with Crippen molar-refractivity contribution >= 4 is 27.3 Å². The smallest absolute Gasteiger partial charge is 0.173 e. The van der Waals surface area contributed by atoms with Gasteiger partial charge in [-0.2, -0.15) is 0 Å². The zero-order valence-electron chi connectivity index (χ0n) is 10.4. The Morgan fingerprint density at radius 1 is 1.21 bits per heavy atom. The molecular formula is C14H14BrF2NS. The summed E-state index contributed by atoms with van der Waals surface area (Å²) in [5.74, 6) is -1.75. The van der Waals surface area contributed by atoms with Gasteiger partial charge in [0.05, 0.1) is 4.47 Å². The molecule has 0 radical (unpaired) electrons. The molecule has 0 spiro atoms. The third-order valence-electron chi connectivity index (χ3n) is 2.95. The number of nitrogens with two attached hydrogens (primary N) is 1. The number of thiophene rings is 1. The van der Waals surface area contributed by atoms with Crippen LogP contribution in [0.25, 0.3) is 0 Å². The highest BCUT2D eigenvalue weighted by Gasteiger charge is 2.17. The second-order valence-corrected chi connectivity index (χ2v) is 6.34. The second kappa shape index (κ2) is 6.11. The van der Waals surface area contributed by atoms with Crippen LogP contribution >= 0.6 is 27.3 Å². The second-order valence-electron chi connectivity index (χ2n) is 4.30. The Balaban J connectivity index is 2.20. The van der Waals surface area contributed by atoms with Crippen LogP contribution in [0.2, 0.25) is 0 Å². The predicted molar refractivity (Wildman–Crippen MR) is 78.4 cm³/mol. The molecule has 0 saturated carbocycles. The molecule has 0 bridgehead atoms. The number of rotatable bonds is 4. The van der Waals surface area contributed by atoms with Gasteiger partial charge in [-0.05, 0) is 46.1 Å². The maximum Gasteiger partial charge on any atom is 0.173 e. The van der Waals surface area contributed by atoms with Crippen LogP contribution in [0, 0.1) is 11.6 Å². The van der Waals surface area contributed by atoms with E-state index in [-0.39, 0.29) is 10.5 Å². The van der Waals surface area contributed by atoms with E-state index in [0.717, 1.165) is 17.4 Å². The summed E-state index contributed by atoms with van der Waals surface area (Å²) in [7, 11) is 0. The van der Waals surface area contributed by atoms with Crippen molar-refractivity contribution in [2.24, 2.45) is 5.73 Å². The van der Waals surface area contributed by atoms with Crippen LogP contribution < -0.4 is 5.73 Å². The van der Waals surface area contributed by atoms with E-state index in [1.54, 1.807) is 11.3 Å². The largest absolute Gasteiger partial charge is 0.324 e. The number of hydrogen-bond donors (Lipinski definition) is 1. The van der Waals surface area contributed by atoms with Crippen LogP contribution in [0.3, 0.4) is 0 Å². The first-order valence-corrected chi connectivity index (χ1v) is 7.60. The number of benzene rings is 1. The van der Waals surface area contributed by atoms with Gasteiger partial charge in [0.15, 0.2) is 11.6 Å². The van der Waals surface area contributed by atoms with Crippen LogP contribution in [0.1, 0.15) is 28.3 Å². The molecule has 1 atom stereocenters. The first-order valence-electron chi connectivity index (χ1n) is 5.99. The van der Waals surface area contributed by atoms with Crippen molar-refractivity contribution in [2.75, 3.05) is 0 Å². The minimum atomic E-state index is -0.881. The van der Waals surface area contributed by atoms with E-state index in [1.807, 2.05) is 6.07 Å². The van der Waals surface area contributed by atoms with Crippen LogP contribution in [0.15, 0.2) is 28.7 Å². The topological polar surface area (TPSA) is 26.0 Å². The zero-order valence-corrected chi connectivity index (χ0v) is 12.8. The molecule has 1 heterocycles. The molecule has 102 valence electrons. The maximum absolute atomic E-state index is 13.5. The van der Waals surface area contributed by atoms with Gasteiger partial charge in [0.25, 0.3) is 0 Å². The molecule has 19 heavy (non-hydrogen) atoms. The lowest BCUT2D eigenvalue weighted by Crippen LogP contribution is -2.14. The Morgan fingerprint density at radius 2 is 1.89 bits per heavy atom. The molecule has 2 rings (SSSR count). The number of hydrogen-bond acceptors (Lipinski definition) is 2. The molecule has 1 aromatic heterocycles. The monoisotopic (exact) mass is 345 g/mol. The first-order chi connectivity index (χ1) is 9.02. The van der Waals surface area contributed by atoms with E-state index >= 15 is 0 Å². The maximum atomic E-state index is 13.5. The standard InChI is InChI=1S/C14H14BrF2NS/c1-2-8-3-4-9(19-8)7-12(18)10-5-6-11(16)14(17)13(10)15/h3-6,12H,2,7,18H2,1H3. The summed E-state index contributed by atoms with van der Waals surface area (Å²) in [4.78, 5) is 2.45. The van der Waals surface area contributed by atoms with Gasteiger partial charge >= 0.3 is 0 Å². The van der Waals surface area contributed by atoms with Crippen molar-refractivity contribution in [1.29, 1.82) is 0 Å². The Hall–Kier alpha value is -0.780. The molecule has 1 aromatic carbocycles.